The van der Waals surface area contributed by atoms with Crippen molar-refractivity contribution in [2.45, 2.75) is 88.0 Å². The van der Waals surface area contributed by atoms with Gasteiger partial charge in [-0.25, -0.2) is 0 Å². The first-order valence-corrected chi connectivity index (χ1v) is 8.12. The quantitative estimate of drug-likeness (QED) is 0.483. The van der Waals surface area contributed by atoms with Gasteiger partial charge in [0.2, 0.25) is 0 Å². The van der Waals surface area contributed by atoms with E-state index in [9.17, 15) is 0 Å². The molecular formula is C18H38. The molecular weight excluding hydrogens is 216 g/mol. The van der Waals surface area contributed by atoms with E-state index in [4.69, 9.17) is 0 Å². The molecule has 0 nitrogen and oxygen atoms in total. The summed E-state index contributed by atoms with van der Waals surface area (Å²) in [5.41, 5.74) is 0.979. The Morgan fingerprint density at radius 3 is 1.56 bits per heavy atom. The van der Waals surface area contributed by atoms with Gasteiger partial charge in [0.05, 0.1) is 0 Å². The molecule has 0 saturated carbocycles. The van der Waals surface area contributed by atoms with Gasteiger partial charge in [-0.1, -0.05) is 81.6 Å². The highest BCUT2D eigenvalue weighted by molar-refractivity contribution is 4.84. The van der Waals surface area contributed by atoms with E-state index in [-0.39, 0.29) is 0 Å². The van der Waals surface area contributed by atoms with E-state index in [2.05, 4.69) is 62.3 Å². The zero-order valence-electron chi connectivity index (χ0n) is 14.6. The largest absolute Gasteiger partial charge is 0.0651 e. The number of hydrogen-bond acceptors (Lipinski definition) is 0. The molecule has 0 aliphatic carbocycles. The minimum atomic E-state index is 0.456. The Hall–Kier alpha value is 0. The third kappa shape index (κ3) is 4.59. The van der Waals surface area contributed by atoms with Crippen molar-refractivity contribution in [1.29, 1.82) is 0 Å². The summed E-state index contributed by atoms with van der Waals surface area (Å²) in [6.45, 7) is 21.7. The Labute approximate surface area is 117 Å². The monoisotopic (exact) mass is 254 g/mol. The van der Waals surface area contributed by atoms with Crippen molar-refractivity contribution in [2.75, 3.05) is 0 Å². The summed E-state index contributed by atoms with van der Waals surface area (Å²) in [6, 6.07) is 0. The molecule has 0 heterocycles. The summed E-state index contributed by atoms with van der Waals surface area (Å²) < 4.78 is 0. The topological polar surface area (TPSA) is 0 Å². The van der Waals surface area contributed by atoms with Crippen molar-refractivity contribution in [2.24, 2.45) is 28.6 Å². The lowest BCUT2D eigenvalue weighted by Gasteiger charge is -2.41. The molecule has 0 bridgehead atoms. The minimum Gasteiger partial charge on any atom is -0.0651 e. The third-order valence-electron chi connectivity index (χ3n) is 5.94. The standard InChI is InChI=1S/C18H38/c1-10-16(17(6,7)8)13-14(4)15(5)18(9,11-2)12-3/h14-16H,10-13H2,1-9H3. The van der Waals surface area contributed by atoms with Crippen molar-refractivity contribution in [3.63, 3.8) is 0 Å². The second kappa shape index (κ2) is 6.96. The molecule has 0 heteroatoms. The van der Waals surface area contributed by atoms with E-state index < -0.39 is 0 Å². The summed E-state index contributed by atoms with van der Waals surface area (Å²) in [5, 5.41) is 0. The fourth-order valence-electron chi connectivity index (χ4n) is 3.37. The SMILES string of the molecule is CCC(CC(C)C(C)C(C)(CC)CC)C(C)(C)C. The molecule has 0 aromatic carbocycles. The Balaban J connectivity index is 4.70. The molecule has 3 unspecified atom stereocenters. The molecule has 0 rings (SSSR count). The van der Waals surface area contributed by atoms with Crippen LogP contribution in [0, 0.1) is 28.6 Å². The fourth-order valence-corrected chi connectivity index (χ4v) is 3.37. The molecule has 110 valence electrons. The fraction of sp³-hybridized carbons (Fsp3) is 1.00. The summed E-state index contributed by atoms with van der Waals surface area (Å²) in [5.74, 6) is 2.51. The van der Waals surface area contributed by atoms with Gasteiger partial charge in [-0.3, -0.25) is 0 Å². The molecule has 0 spiro atoms. The van der Waals surface area contributed by atoms with E-state index in [1.807, 2.05) is 0 Å². The maximum Gasteiger partial charge on any atom is -0.0303 e. The van der Waals surface area contributed by atoms with Crippen LogP contribution in [0.2, 0.25) is 0 Å². The van der Waals surface area contributed by atoms with E-state index in [1.54, 1.807) is 0 Å². The van der Waals surface area contributed by atoms with Gasteiger partial charge < -0.3 is 0 Å². The van der Waals surface area contributed by atoms with E-state index in [0.717, 1.165) is 17.8 Å². The van der Waals surface area contributed by atoms with Crippen molar-refractivity contribution >= 4 is 0 Å². The van der Waals surface area contributed by atoms with Crippen molar-refractivity contribution in [1.82, 2.24) is 0 Å². The van der Waals surface area contributed by atoms with Crippen LogP contribution in [0.15, 0.2) is 0 Å². The van der Waals surface area contributed by atoms with Gasteiger partial charge in [-0.05, 0) is 35.0 Å². The third-order valence-corrected chi connectivity index (χ3v) is 5.94. The molecule has 0 amide bonds. The normalized spacial score (nSPS) is 18.5. The maximum absolute atomic E-state index is 2.48. The van der Waals surface area contributed by atoms with Gasteiger partial charge in [0, 0.05) is 0 Å². The Kier molecular flexibility index (Phi) is 6.96. The average molecular weight is 255 g/mol. The molecule has 0 aromatic rings. The van der Waals surface area contributed by atoms with Gasteiger partial charge in [0.15, 0.2) is 0 Å². The molecule has 0 radical (unpaired) electrons. The van der Waals surface area contributed by atoms with Crippen molar-refractivity contribution in [3.05, 3.63) is 0 Å². The van der Waals surface area contributed by atoms with Gasteiger partial charge >= 0.3 is 0 Å². The summed E-state index contributed by atoms with van der Waals surface area (Å²) in [4.78, 5) is 0. The predicted molar refractivity (Wildman–Crippen MR) is 84.9 cm³/mol. The molecule has 18 heavy (non-hydrogen) atoms. The van der Waals surface area contributed by atoms with Crippen LogP contribution in [0.4, 0.5) is 0 Å². The van der Waals surface area contributed by atoms with Crippen molar-refractivity contribution < 1.29 is 0 Å². The molecule has 0 aromatic heterocycles. The van der Waals surface area contributed by atoms with E-state index in [1.165, 1.54) is 25.7 Å². The van der Waals surface area contributed by atoms with Crippen LogP contribution in [-0.4, -0.2) is 0 Å². The van der Waals surface area contributed by atoms with Crippen LogP contribution in [0.1, 0.15) is 88.0 Å². The van der Waals surface area contributed by atoms with Gasteiger partial charge in [0.25, 0.3) is 0 Å². The molecule has 0 aliphatic heterocycles. The van der Waals surface area contributed by atoms with Crippen LogP contribution in [0.5, 0.6) is 0 Å². The molecule has 3 atom stereocenters. The highest BCUT2D eigenvalue weighted by Gasteiger charge is 2.33. The second-order valence-corrected chi connectivity index (χ2v) is 7.83. The molecule has 0 saturated heterocycles. The Morgan fingerprint density at radius 1 is 0.833 bits per heavy atom. The first-order chi connectivity index (χ1) is 8.12. The van der Waals surface area contributed by atoms with Crippen LogP contribution in [-0.2, 0) is 0 Å². The zero-order chi connectivity index (χ0) is 14.6. The predicted octanol–water partition coefficient (Wildman–Crippen LogP) is 6.55. The lowest BCUT2D eigenvalue weighted by molar-refractivity contribution is 0.0924. The molecule has 0 N–H and O–H groups in total. The first-order valence-electron chi connectivity index (χ1n) is 8.12. The highest BCUT2D eigenvalue weighted by atomic mass is 14.4. The lowest BCUT2D eigenvalue weighted by Crippen LogP contribution is -2.32. The smallest absolute Gasteiger partial charge is 0.0303 e. The van der Waals surface area contributed by atoms with Gasteiger partial charge in [-0.2, -0.15) is 0 Å². The number of rotatable bonds is 7. The Morgan fingerprint density at radius 2 is 1.28 bits per heavy atom. The summed E-state index contributed by atoms with van der Waals surface area (Å²) in [6.07, 6.45) is 5.31. The molecule has 0 aliphatic rings. The zero-order valence-corrected chi connectivity index (χ0v) is 14.6. The van der Waals surface area contributed by atoms with Gasteiger partial charge in [-0.15, -0.1) is 0 Å². The highest BCUT2D eigenvalue weighted by Crippen LogP contribution is 2.43. The minimum absolute atomic E-state index is 0.456. The summed E-state index contributed by atoms with van der Waals surface area (Å²) in [7, 11) is 0. The molecule has 0 fully saturated rings. The lowest BCUT2D eigenvalue weighted by atomic mass is 9.65. The van der Waals surface area contributed by atoms with Crippen LogP contribution in [0.25, 0.3) is 0 Å². The first kappa shape index (κ1) is 18.0. The van der Waals surface area contributed by atoms with E-state index >= 15 is 0 Å². The number of hydrogen-bond donors (Lipinski definition) is 0. The van der Waals surface area contributed by atoms with Crippen LogP contribution >= 0.6 is 0 Å². The van der Waals surface area contributed by atoms with Crippen LogP contribution < -0.4 is 0 Å². The summed E-state index contributed by atoms with van der Waals surface area (Å²) >= 11 is 0. The van der Waals surface area contributed by atoms with Crippen molar-refractivity contribution in [3.8, 4) is 0 Å². The maximum atomic E-state index is 2.48. The average Bonchev–Trinajstić information content (AvgIpc) is 2.32. The van der Waals surface area contributed by atoms with E-state index in [0.29, 0.717) is 10.8 Å². The second-order valence-electron chi connectivity index (χ2n) is 7.83. The van der Waals surface area contributed by atoms with Gasteiger partial charge in [0.1, 0.15) is 0 Å². The Bertz CT molecular complexity index is 217. The van der Waals surface area contributed by atoms with Crippen LogP contribution in [0.3, 0.4) is 0 Å².